The third-order valence-corrected chi connectivity index (χ3v) is 2.25. The Morgan fingerprint density at radius 1 is 1.57 bits per heavy atom. The van der Waals surface area contributed by atoms with Crippen LogP contribution in [0.1, 0.15) is 5.56 Å². The Balaban J connectivity index is 2.60. The molecule has 1 rings (SSSR count). The average molecular weight is 214 g/mol. The van der Waals surface area contributed by atoms with Gasteiger partial charge in [0.15, 0.2) is 0 Å². The van der Waals surface area contributed by atoms with E-state index in [1.165, 1.54) is 7.11 Å². The number of benzene rings is 1. The molecule has 0 aliphatic rings. The Morgan fingerprint density at radius 2 is 2.29 bits per heavy atom. The highest BCUT2D eigenvalue weighted by molar-refractivity contribution is 6.31. The molecule has 0 radical (unpaired) electrons. The molecule has 1 aromatic rings. The van der Waals surface area contributed by atoms with Gasteiger partial charge in [-0.25, -0.2) is 0 Å². The molecule has 0 saturated carbocycles. The summed E-state index contributed by atoms with van der Waals surface area (Å²) in [6.45, 7) is 2.07. The van der Waals surface area contributed by atoms with Gasteiger partial charge in [-0.15, -0.1) is 0 Å². The maximum atomic E-state index is 10.8. The Labute approximate surface area is 88.0 Å². The van der Waals surface area contributed by atoms with Gasteiger partial charge in [0.05, 0.1) is 7.11 Å². The van der Waals surface area contributed by atoms with Gasteiger partial charge >= 0.3 is 5.97 Å². The highest BCUT2D eigenvalue weighted by Crippen LogP contribution is 2.18. The summed E-state index contributed by atoms with van der Waals surface area (Å²) in [6, 6.07) is 5.49. The van der Waals surface area contributed by atoms with E-state index in [-0.39, 0.29) is 12.5 Å². The molecule has 0 spiro atoms. The minimum atomic E-state index is -0.294. The Hall–Kier alpha value is -1.22. The predicted molar refractivity (Wildman–Crippen MR) is 56.7 cm³/mol. The average Bonchev–Trinajstić information content (AvgIpc) is 2.19. The first kappa shape index (κ1) is 10.9. The number of methoxy groups -OCH3 is 1. The summed E-state index contributed by atoms with van der Waals surface area (Å²) in [5.41, 5.74) is 1.83. The van der Waals surface area contributed by atoms with Gasteiger partial charge in [0, 0.05) is 10.7 Å². The van der Waals surface area contributed by atoms with E-state index < -0.39 is 0 Å². The lowest BCUT2D eigenvalue weighted by atomic mass is 10.2. The predicted octanol–water partition coefficient (Wildman–Crippen LogP) is 2.23. The monoisotopic (exact) mass is 213 g/mol. The lowest BCUT2D eigenvalue weighted by Crippen LogP contribution is -2.14. The van der Waals surface area contributed by atoms with E-state index in [0.29, 0.717) is 5.02 Å². The molecule has 0 amide bonds. The smallest absolute Gasteiger partial charge is 0.325 e. The molecule has 0 saturated heterocycles. The van der Waals surface area contributed by atoms with Crippen LogP contribution in [-0.4, -0.2) is 19.6 Å². The zero-order valence-electron chi connectivity index (χ0n) is 8.13. The normalized spacial score (nSPS) is 9.64. The van der Waals surface area contributed by atoms with E-state index in [1.54, 1.807) is 6.07 Å². The van der Waals surface area contributed by atoms with Gasteiger partial charge in [0.25, 0.3) is 0 Å². The summed E-state index contributed by atoms with van der Waals surface area (Å²) in [5.74, 6) is -0.294. The van der Waals surface area contributed by atoms with Crippen LogP contribution in [0.5, 0.6) is 0 Å². The second kappa shape index (κ2) is 4.86. The first-order valence-electron chi connectivity index (χ1n) is 4.20. The number of carbonyl (C=O) groups excluding carboxylic acids is 1. The van der Waals surface area contributed by atoms with Crippen molar-refractivity contribution < 1.29 is 9.53 Å². The lowest BCUT2D eigenvalue weighted by molar-refractivity contribution is -0.138. The summed E-state index contributed by atoms with van der Waals surface area (Å²) >= 11 is 5.85. The highest BCUT2D eigenvalue weighted by Gasteiger charge is 2.00. The van der Waals surface area contributed by atoms with Crippen LogP contribution in [0.2, 0.25) is 5.02 Å². The van der Waals surface area contributed by atoms with Crippen LogP contribution < -0.4 is 5.32 Å². The summed E-state index contributed by atoms with van der Waals surface area (Å²) in [4.78, 5) is 10.8. The zero-order chi connectivity index (χ0) is 10.6. The zero-order valence-corrected chi connectivity index (χ0v) is 8.89. The molecule has 0 unspecified atom stereocenters. The summed E-state index contributed by atoms with van der Waals surface area (Å²) < 4.78 is 4.50. The standard InChI is InChI=1S/C10H12ClNO2/c1-7-5-8(3-4-9(7)11)12-6-10(13)14-2/h3-5,12H,6H2,1-2H3. The van der Waals surface area contributed by atoms with Gasteiger partial charge in [-0.05, 0) is 30.7 Å². The van der Waals surface area contributed by atoms with Crippen molar-refractivity contribution in [2.75, 3.05) is 19.0 Å². The van der Waals surface area contributed by atoms with Gasteiger partial charge in [-0.2, -0.15) is 0 Å². The number of nitrogens with one attached hydrogen (secondary N) is 1. The van der Waals surface area contributed by atoms with E-state index in [0.717, 1.165) is 11.3 Å². The van der Waals surface area contributed by atoms with E-state index in [2.05, 4.69) is 10.1 Å². The molecule has 76 valence electrons. The van der Waals surface area contributed by atoms with Crippen LogP contribution >= 0.6 is 11.6 Å². The maximum Gasteiger partial charge on any atom is 0.325 e. The van der Waals surface area contributed by atoms with Crippen LogP contribution in [0.15, 0.2) is 18.2 Å². The molecule has 0 fully saturated rings. The first-order valence-corrected chi connectivity index (χ1v) is 4.58. The summed E-state index contributed by atoms with van der Waals surface area (Å²) in [6.07, 6.45) is 0. The summed E-state index contributed by atoms with van der Waals surface area (Å²) in [7, 11) is 1.36. The number of carbonyl (C=O) groups is 1. The van der Waals surface area contributed by atoms with Gasteiger partial charge in [0.1, 0.15) is 6.54 Å². The Kier molecular flexibility index (Phi) is 3.77. The molecule has 0 aliphatic carbocycles. The van der Waals surface area contributed by atoms with Crippen molar-refractivity contribution in [1.29, 1.82) is 0 Å². The van der Waals surface area contributed by atoms with E-state index in [4.69, 9.17) is 11.6 Å². The molecule has 0 aromatic heterocycles. The van der Waals surface area contributed by atoms with Gasteiger partial charge in [0.2, 0.25) is 0 Å². The fraction of sp³-hybridized carbons (Fsp3) is 0.300. The minimum Gasteiger partial charge on any atom is -0.468 e. The number of aryl methyl sites for hydroxylation is 1. The first-order chi connectivity index (χ1) is 6.63. The molecule has 1 aromatic carbocycles. The van der Waals surface area contributed by atoms with Crippen LogP contribution in [0.3, 0.4) is 0 Å². The topological polar surface area (TPSA) is 38.3 Å². The summed E-state index contributed by atoms with van der Waals surface area (Å²) in [5, 5.41) is 3.65. The quantitative estimate of drug-likeness (QED) is 0.783. The van der Waals surface area contributed by atoms with Crippen LogP contribution in [0.4, 0.5) is 5.69 Å². The van der Waals surface area contributed by atoms with Crippen LogP contribution in [0.25, 0.3) is 0 Å². The SMILES string of the molecule is COC(=O)CNc1ccc(Cl)c(C)c1. The van der Waals surface area contributed by atoms with Crippen molar-refractivity contribution in [3.05, 3.63) is 28.8 Å². The highest BCUT2D eigenvalue weighted by atomic mass is 35.5. The van der Waals surface area contributed by atoms with Gasteiger partial charge < -0.3 is 10.1 Å². The number of esters is 1. The van der Waals surface area contributed by atoms with Crippen LogP contribution in [0, 0.1) is 6.92 Å². The molecular formula is C10H12ClNO2. The van der Waals surface area contributed by atoms with E-state index in [1.807, 2.05) is 19.1 Å². The van der Waals surface area contributed by atoms with Crippen molar-refractivity contribution >= 4 is 23.3 Å². The fourth-order valence-corrected chi connectivity index (χ4v) is 1.12. The second-order valence-corrected chi connectivity index (χ2v) is 3.30. The number of anilines is 1. The van der Waals surface area contributed by atoms with Gasteiger partial charge in [-0.1, -0.05) is 11.6 Å². The largest absolute Gasteiger partial charge is 0.468 e. The molecule has 0 bridgehead atoms. The van der Waals surface area contributed by atoms with Crippen molar-refractivity contribution in [3.63, 3.8) is 0 Å². The number of ether oxygens (including phenoxy) is 1. The van der Waals surface area contributed by atoms with Crippen molar-refractivity contribution in [2.45, 2.75) is 6.92 Å². The maximum absolute atomic E-state index is 10.8. The van der Waals surface area contributed by atoms with Crippen molar-refractivity contribution in [1.82, 2.24) is 0 Å². The van der Waals surface area contributed by atoms with E-state index >= 15 is 0 Å². The van der Waals surface area contributed by atoms with Crippen molar-refractivity contribution in [3.8, 4) is 0 Å². The molecule has 1 N–H and O–H groups in total. The van der Waals surface area contributed by atoms with E-state index in [9.17, 15) is 4.79 Å². The molecule has 14 heavy (non-hydrogen) atoms. The van der Waals surface area contributed by atoms with Gasteiger partial charge in [-0.3, -0.25) is 4.79 Å². The molecule has 0 aliphatic heterocycles. The fourth-order valence-electron chi connectivity index (χ4n) is 1.00. The number of rotatable bonds is 3. The third-order valence-electron chi connectivity index (χ3n) is 1.82. The second-order valence-electron chi connectivity index (χ2n) is 2.89. The Bertz CT molecular complexity index is 339. The molecule has 0 heterocycles. The minimum absolute atomic E-state index is 0.164. The number of hydrogen-bond donors (Lipinski definition) is 1. The molecular weight excluding hydrogens is 202 g/mol. The molecule has 0 atom stereocenters. The van der Waals surface area contributed by atoms with Crippen LogP contribution in [-0.2, 0) is 9.53 Å². The number of hydrogen-bond acceptors (Lipinski definition) is 3. The lowest BCUT2D eigenvalue weighted by Gasteiger charge is -2.06. The Morgan fingerprint density at radius 3 is 2.86 bits per heavy atom. The van der Waals surface area contributed by atoms with Crippen molar-refractivity contribution in [2.24, 2.45) is 0 Å². The molecule has 4 heteroatoms. The molecule has 3 nitrogen and oxygen atoms in total. The number of halogens is 1. The third kappa shape index (κ3) is 2.92.